The van der Waals surface area contributed by atoms with Crippen LogP contribution in [0.3, 0.4) is 0 Å². The third-order valence-corrected chi connectivity index (χ3v) is 5.00. The monoisotopic (exact) mass is 346 g/mol. The summed E-state index contributed by atoms with van der Waals surface area (Å²) in [7, 11) is -3.82. The molecule has 0 heterocycles. The van der Waals surface area contributed by atoms with E-state index in [-0.39, 0.29) is 21.9 Å². The molecule has 8 heteroatoms. The first kappa shape index (κ1) is 17.1. The van der Waals surface area contributed by atoms with E-state index >= 15 is 0 Å². The zero-order chi connectivity index (χ0) is 16.3. The van der Waals surface area contributed by atoms with E-state index in [4.69, 9.17) is 16.3 Å². The standard InChI is InChI=1S/C14H19ClN2O4S/c1-3-21-13-7-6-11(8-12(13)15)22(19,20)17-9(2)14(18)16-10-4-5-10/h6-10,17H,3-5H2,1-2H3,(H,16,18)/t9-/m0/s1. The van der Waals surface area contributed by atoms with E-state index in [1.54, 1.807) is 0 Å². The van der Waals surface area contributed by atoms with E-state index < -0.39 is 16.1 Å². The summed E-state index contributed by atoms with van der Waals surface area (Å²) >= 11 is 5.99. The van der Waals surface area contributed by atoms with Crippen LogP contribution in [0, 0.1) is 0 Å². The molecule has 1 aliphatic carbocycles. The number of benzene rings is 1. The summed E-state index contributed by atoms with van der Waals surface area (Å²) in [6.07, 6.45) is 1.89. The molecule has 0 saturated heterocycles. The summed E-state index contributed by atoms with van der Waals surface area (Å²) in [5, 5.41) is 2.96. The average Bonchev–Trinajstić information content (AvgIpc) is 3.24. The van der Waals surface area contributed by atoms with Crippen molar-refractivity contribution >= 4 is 27.5 Å². The van der Waals surface area contributed by atoms with E-state index in [0.29, 0.717) is 12.4 Å². The van der Waals surface area contributed by atoms with Crippen molar-refractivity contribution in [1.29, 1.82) is 0 Å². The van der Waals surface area contributed by atoms with E-state index in [1.807, 2.05) is 6.92 Å². The molecule has 1 amide bonds. The lowest BCUT2D eigenvalue weighted by atomic mass is 10.3. The Balaban J connectivity index is 2.08. The van der Waals surface area contributed by atoms with Crippen molar-refractivity contribution in [3.63, 3.8) is 0 Å². The van der Waals surface area contributed by atoms with Crippen LogP contribution in [0.5, 0.6) is 5.75 Å². The van der Waals surface area contributed by atoms with Gasteiger partial charge in [-0.15, -0.1) is 0 Å². The van der Waals surface area contributed by atoms with Crippen molar-refractivity contribution in [3.05, 3.63) is 23.2 Å². The Morgan fingerprint density at radius 2 is 2.14 bits per heavy atom. The van der Waals surface area contributed by atoms with Gasteiger partial charge in [-0.3, -0.25) is 4.79 Å². The second kappa shape index (κ2) is 6.85. The second-order valence-electron chi connectivity index (χ2n) is 5.15. The Labute approximate surface area is 135 Å². The van der Waals surface area contributed by atoms with Gasteiger partial charge in [-0.25, -0.2) is 8.42 Å². The number of hydrogen-bond acceptors (Lipinski definition) is 4. The first-order valence-electron chi connectivity index (χ1n) is 7.08. The fourth-order valence-electron chi connectivity index (χ4n) is 1.83. The lowest BCUT2D eigenvalue weighted by Gasteiger charge is -2.15. The van der Waals surface area contributed by atoms with E-state index in [1.165, 1.54) is 25.1 Å². The first-order valence-corrected chi connectivity index (χ1v) is 8.94. The molecule has 22 heavy (non-hydrogen) atoms. The summed E-state index contributed by atoms with van der Waals surface area (Å²) in [5.74, 6) is 0.0887. The van der Waals surface area contributed by atoms with Crippen molar-refractivity contribution in [2.45, 2.75) is 43.7 Å². The van der Waals surface area contributed by atoms with Crippen LogP contribution in [0.2, 0.25) is 5.02 Å². The Hall–Kier alpha value is -1.31. The number of ether oxygens (including phenoxy) is 1. The highest BCUT2D eigenvalue weighted by atomic mass is 35.5. The topological polar surface area (TPSA) is 84.5 Å². The molecule has 122 valence electrons. The molecule has 2 N–H and O–H groups in total. The van der Waals surface area contributed by atoms with Gasteiger partial charge in [-0.05, 0) is 44.9 Å². The van der Waals surface area contributed by atoms with Crippen molar-refractivity contribution in [2.24, 2.45) is 0 Å². The minimum Gasteiger partial charge on any atom is -0.492 e. The molecule has 2 rings (SSSR count). The molecule has 1 aromatic carbocycles. The number of rotatable bonds is 7. The summed E-state index contributed by atoms with van der Waals surface area (Å²) in [6, 6.07) is 3.52. The number of nitrogens with one attached hydrogen (secondary N) is 2. The third-order valence-electron chi connectivity index (χ3n) is 3.16. The number of carbonyl (C=O) groups is 1. The molecule has 0 radical (unpaired) electrons. The third kappa shape index (κ3) is 4.34. The zero-order valence-electron chi connectivity index (χ0n) is 12.4. The smallest absolute Gasteiger partial charge is 0.241 e. The lowest BCUT2D eigenvalue weighted by molar-refractivity contribution is -0.122. The van der Waals surface area contributed by atoms with Gasteiger partial charge in [0, 0.05) is 6.04 Å². The van der Waals surface area contributed by atoms with Gasteiger partial charge in [0.05, 0.1) is 22.6 Å². The summed E-state index contributed by atoms with van der Waals surface area (Å²) in [5.41, 5.74) is 0. The van der Waals surface area contributed by atoms with Crippen molar-refractivity contribution in [1.82, 2.24) is 10.0 Å². The van der Waals surface area contributed by atoms with Crippen LogP contribution in [-0.4, -0.2) is 33.0 Å². The van der Waals surface area contributed by atoms with Gasteiger partial charge in [-0.1, -0.05) is 11.6 Å². The van der Waals surface area contributed by atoms with Gasteiger partial charge in [-0.2, -0.15) is 4.72 Å². The van der Waals surface area contributed by atoms with Gasteiger partial charge in [0.1, 0.15) is 5.75 Å². The summed E-state index contributed by atoms with van der Waals surface area (Å²) < 4.78 is 32.2. The molecular weight excluding hydrogens is 328 g/mol. The zero-order valence-corrected chi connectivity index (χ0v) is 14.0. The van der Waals surface area contributed by atoms with E-state index in [9.17, 15) is 13.2 Å². The van der Waals surface area contributed by atoms with Crippen LogP contribution in [0.1, 0.15) is 26.7 Å². The van der Waals surface area contributed by atoms with Crippen molar-refractivity contribution in [2.75, 3.05) is 6.61 Å². The van der Waals surface area contributed by atoms with Crippen molar-refractivity contribution < 1.29 is 17.9 Å². The molecule has 0 unspecified atom stereocenters. The first-order chi connectivity index (χ1) is 10.3. The Kier molecular flexibility index (Phi) is 5.31. The maximum atomic E-state index is 12.3. The molecular formula is C14H19ClN2O4S. The molecule has 1 saturated carbocycles. The van der Waals surface area contributed by atoms with Crippen LogP contribution in [-0.2, 0) is 14.8 Å². The van der Waals surface area contributed by atoms with Crippen LogP contribution < -0.4 is 14.8 Å². The molecule has 6 nitrogen and oxygen atoms in total. The number of halogens is 1. The van der Waals surface area contributed by atoms with Crippen LogP contribution in [0.15, 0.2) is 23.1 Å². The predicted molar refractivity (Wildman–Crippen MR) is 83.6 cm³/mol. The van der Waals surface area contributed by atoms with Crippen LogP contribution in [0.25, 0.3) is 0 Å². The van der Waals surface area contributed by atoms with Crippen LogP contribution in [0.4, 0.5) is 0 Å². The number of amides is 1. The normalized spacial score (nSPS) is 16.1. The lowest BCUT2D eigenvalue weighted by Crippen LogP contribution is -2.45. The van der Waals surface area contributed by atoms with Crippen LogP contribution >= 0.6 is 11.6 Å². The fraction of sp³-hybridized carbons (Fsp3) is 0.500. The highest BCUT2D eigenvalue weighted by Crippen LogP contribution is 2.27. The molecule has 1 fully saturated rings. The number of carbonyl (C=O) groups excluding carboxylic acids is 1. The Morgan fingerprint density at radius 1 is 1.45 bits per heavy atom. The van der Waals surface area contributed by atoms with Gasteiger partial charge in [0.2, 0.25) is 15.9 Å². The number of sulfonamides is 1. The Morgan fingerprint density at radius 3 is 2.68 bits per heavy atom. The Bertz CT molecular complexity index is 659. The maximum Gasteiger partial charge on any atom is 0.241 e. The second-order valence-corrected chi connectivity index (χ2v) is 7.27. The molecule has 1 atom stereocenters. The highest BCUT2D eigenvalue weighted by Gasteiger charge is 2.28. The molecule has 0 aromatic heterocycles. The molecule has 0 bridgehead atoms. The molecule has 1 aliphatic rings. The maximum absolute atomic E-state index is 12.3. The number of hydrogen-bond donors (Lipinski definition) is 2. The molecule has 1 aromatic rings. The highest BCUT2D eigenvalue weighted by molar-refractivity contribution is 7.89. The average molecular weight is 347 g/mol. The largest absolute Gasteiger partial charge is 0.492 e. The molecule has 0 spiro atoms. The fourth-order valence-corrected chi connectivity index (χ4v) is 3.36. The van der Waals surface area contributed by atoms with Gasteiger partial charge in [0.15, 0.2) is 0 Å². The van der Waals surface area contributed by atoms with E-state index in [2.05, 4.69) is 10.0 Å². The SMILES string of the molecule is CCOc1ccc(S(=O)(=O)N[C@@H](C)C(=O)NC2CC2)cc1Cl. The van der Waals surface area contributed by atoms with Crippen molar-refractivity contribution in [3.8, 4) is 5.75 Å². The van der Waals surface area contributed by atoms with Gasteiger partial charge >= 0.3 is 0 Å². The van der Waals surface area contributed by atoms with E-state index in [0.717, 1.165) is 12.8 Å². The minimum absolute atomic E-state index is 0.00738. The van der Waals surface area contributed by atoms with Gasteiger partial charge < -0.3 is 10.1 Å². The summed E-state index contributed by atoms with van der Waals surface area (Å²) in [6.45, 7) is 3.75. The summed E-state index contributed by atoms with van der Waals surface area (Å²) in [4.78, 5) is 11.8. The quantitative estimate of drug-likeness (QED) is 0.786. The molecule has 0 aliphatic heterocycles. The predicted octanol–water partition coefficient (Wildman–Crippen LogP) is 1.68. The minimum atomic E-state index is -3.82. The van der Waals surface area contributed by atoms with Gasteiger partial charge in [0.25, 0.3) is 0 Å².